The van der Waals surface area contributed by atoms with Crippen LogP contribution in [0.1, 0.15) is 0 Å². The van der Waals surface area contributed by atoms with Crippen molar-refractivity contribution < 1.29 is 41.1 Å². The topological polar surface area (TPSA) is 179 Å². The van der Waals surface area contributed by atoms with Gasteiger partial charge in [0.1, 0.15) is 0 Å². The second-order valence-corrected chi connectivity index (χ2v) is 1.65. The van der Waals surface area contributed by atoms with Crippen LogP contribution in [0.5, 0.6) is 0 Å². The van der Waals surface area contributed by atoms with Crippen LogP contribution in [0, 0.1) is 0 Å². The Labute approximate surface area is 64.3 Å². The molecule has 0 rings (SSSR count). The first-order valence-electron chi connectivity index (χ1n) is 1.06. The Morgan fingerprint density at radius 2 is 1.00 bits per heavy atom. The first kappa shape index (κ1) is 22.5. The molecule has 0 aliphatic rings. The van der Waals surface area contributed by atoms with Gasteiger partial charge in [-0.25, -0.2) is 0 Å². The van der Waals surface area contributed by atoms with Gasteiger partial charge in [0.05, 0.1) is 0 Å². The average Bonchev–Trinajstić information content (AvgIpc) is 1.27. The quantitative estimate of drug-likeness (QED) is 0.387. The van der Waals surface area contributed by atoms with Crippen molar-refractivity contribution >= 4 is 10.4 Å². The van der Waals surface area contributed by atoms with E-state index in [4.69, 9.17) is 24.9 Å². The van der Waals surface area contributed by atoms with Crippen LogP contribution in [-0.2, 0) is 33.9 Å². The number of rotatable bonds is 0. The van der Waals surface area contributed by atoms with E-state index < -0.39 is 26.6 Å². The zero-order valence-electron chi connectivity index (χ0n) is 4.80. The van der Waals surface area contributed by atoms with Crippen molar-refractivity contribution in [1.82, 2.24) is 12.3 Å². The minimum atomic E-state index is -4.67. The molecule has 10 heavy (non-hydrogen) atoms. The first-order valence-corrected chi connectivity index (χ1v) is 3.60. The van der Waals surface area contributed by atoms with Crippen LogP contribution in [0.25, 0.3) is 0 Å². The third kappa shape index (κ3) is 593000. The molecule has 0 heterocycles. The summed E-state index contributed by atoms with van der Waals surface area (Å²) in [6.07, 6.45) is 0. The van der Waals surface area contributed by atoms with Gasteiger partial charge in [-0.2, -0.15) is 8.42 Å². The molecule has 8 N–H and O–H groups in total. The van der Waals surface area contributed by atoms with Gasteiger partial charge in [-0.05, 0) is 0 Å². The minimum absolute atomic E-state index is 0. The van der Waals surface area contributed by atoms with Crippen molar-refractivity contribution in [3.8, 4) is 0 Å². The molecule has 0 aliphatic carbocycles. The Hall–Kier alpha value is -0.0256. The van der Waals surface area contributed by atoms with Crippen molar-refractivity contribution in [3.63, 3.8) is 0 Å². The van der Waals surface area contributed by atoms with E-state index in [0.29, 0.717) is 0 Å². The normalized spacial score (nSPS) is 6.60. The molecule has 10 heteroatoms. The summed E-state index contributed by atoms with van der Waals surface area (Å²) in [7, 11) is -4.67. The average molecular weight is 215 g/mol. The fraction of sp³-hybridized carbons (Fsp3) is 0. The Morgan fingerprint density at radius 1 is 1.00 bits per heavy atom. The molecule has 8 nitrogen and oxygen atoms in total. The SMILES string of the molecule is N.N.O=S(=O)(O)O.[O]=[V]=[O]. The number of hydrogen-bond acceptors (Lipinski definition) is 6. The zero-order chi connectivity index (χ0) is 7.21. The van der Waals surface area contributed by atoms with Gasteiger partial charge in [-0.1, -0.05) is 0 Å². The molecule has 65 valence electrons. The van der Waals surface area contributed by atoms with E-state index in [0.717, 1.165) is 0 Å². The van der Waals surface area contributed by atoms with Crippen molar-refractivity contribution in [2.45, 2.75) is 0 Å². The predicted octanol–water partition coefficient (Wildman–Crippen LogP) is -0.569. The van der Waals surface area contributed by atoms with E-state index in [9.17, 15) is 0 Å². The molecule has 0 radical (unpaired) electrons. The van der Waals surface area contributed by atoms with Gasteiger partial charge < -0.3 is 12.3 Å². The Morgan fingerprint density at radius 3 is 1.00 bits per heavy atom. The van der Waals surface area contributed by atoms with Crippen LogP contribution in [-0.4, -0.2) is 17.5 Å². The molecule has 0 aromatic rings. The summed E-state index contributed by atoms with van der Waals surface area (Å²) in [6, 6.07) is 0. The van der Waals surface area contributed by atoms with E-state index in [1.54, 1.807) is 0 Å². The van der Waals surface area contributed by atoms with Gasteiger partial charge in [0.2, 0.25) is 0 Å². The second kappa shape index (κ2) is 11.7. The molecular weight excluding hydrogens is 207 g/mol. The number of hydrogen-bond donors (Lipinski definition) is 4. The summed E-state index contributed by atoms with van der Waals surface area (Å²) in [5.74, 6) is 0. The Balaban J connectivity index is -0.0000000326. The summed E-state index contributed by atoms with van der Waals surface area (Å²) in [5, 5.41) is 0. The second-order valence-electron chi connectivity index (χ2n) is 0.522. The van der Waals surface area contributed by atoms with E-state index >= 15 is 0 Å². The van der Waals surface area contributed by atoms with Crippen LogP contribution in [0.2, 0.25) is 0 Å². The molecule has 0 saturated carbocycles. The molecule has 0 spiro atoms. The molecular formula is H8N2O6SV. The van der Waals surface area contributed by atoms with Crippen LogP contribution >= 0.6 is 0 Å². The third-order valence-corrected chi connectivity index (χ3v) is 0. The summed E-state index contributed by atoms with van der Waals surface area (Å²) >= 11 is -1.81. The first-order chi connectivity index (χ1) is 3.41. The molecule has 0 aromatic heterocycles. The molecule has 0 unspecified atom stereocenters. The van der Waals surface area contributed by atoms with E-state index in [-0.39, 0.29) is 12.3 Å². The molecule has 0 aliphatic heterocycles. The van der Waals surface area contributed by atoms with E-state index in [1.165, 1.54) is 0 Å². The fourth-order valence-corrected chi connectivity index (χ4v) is 0. The van der Waals surface area contributed by atoms with Gasteiger partial charge in [-0.15, -0.1) is 0 Å². The fourth-order valence-electron chi connectivity index (χ4n) is 0. The van der Waals surface area contributed by atoms with Crippen molar-refractivity contribution in [1.29, 1.82) is 0 Å². The summed E-state index contributed by atoms with van der Waals surface area (Å²) in [5.41, 5.74) is 0. The Kier molecular flexibility index (Phi) is 26.4. The molecule has 0 fully saturated rings. The van der Waals surface area contributed by atoms with Crippen molar-refractivity contribution in [2.24, 2.45) is 0 Å². The predicted molar refractivity (Wildman–Crippen MR) is 25.6 cm³/mol. The van der Waals surface area contributed by atoms with Gasteiger partial charge in [0.15, 0.2) is 0 Å². The molecule has 0 amide bonds. The van der Waals surface area contributed by atoms with Crippen molar-refractivity contribution in [2.75, 3.05) is 0 Å². The van der Waals surface area contributed by atoms with Crippen molar-refractivity contribution in [3.05, 3.63) is 0 Å². The van der Waals surface area contributed by atoms with Gasteiger partial charge in [0.25, 0.3) is 0 Å². The van der Waals surface area contributed by atoms with Crippen LogP contribution in [0.15, 0.2) is 0 Å². The maximum atomic E-state index is 8.74. The molecule has 0 aromatic carbocycles. The molecule has 0 bridgehead atoms. The van der Waals surface area contributed by atoms with Crippen LogP contribution in [0.4, 0.5) is 0 Å². The van der Waals surface area contributed by atoms with Gasteiger partial charge in [-0.3, -0.25) is 9.11 Å². The standard InChI is InChI=1S/2H3N.H2O4S.2O.V/c;;1-5(2,3)4;;;/h2*1H3;(H2,1,2,3,4);;;. The maximum absolute atomic E-state index is 8.74. The molecule has 0 saturated heterocycles. The van der Waals surface area contributed by atoms with E-state index in [1.807, 2.05) is 0 Å². The summed E-state index contributed by atoms with van der Waals surface area (Å²) in [4.78, 5) is 0. The summed E-state index contributed by atoms with van der Waals surface area (Å²) in [6.45, 7) is 0. The zero-order valence-corrected chi connectivity index (χ0v) is 7.01. The van der Waals surface area contributed by atoms with Gasteiger partial charge in [0, 0.05) is 0 Å². The van der Waals surface area contributed by atoms with Crippen LogP contribution < -0.4 is 12.3 Å². The van der Waals surface area contributed by atoms with Crippen LogP contribution in [0.3, 0.4) is 0 Å². The van der Waals surface area contributed by atoms with Gasteiger partial charge >= 0.3 is 33.9 Å². The Bertz CT molecular complexity index is 156. The molecule has 0 atom stereocenters. The summed E-state index contributed by atoms with van der Waals surface area (Å²) < 4.78 is 48.5. The monoisotopic (exact) mass is 215 g/mol. The third-order valence-electron chi connectivity index (χ3n) is 0. The van der Waals surface area contributed by atoms with E-state index in [2.05, 4.69) is 0 Å².